The third-order valence-electron chi connectivity index (χ3n) is 6.59. The summed E-state index contributed by atoms with van der Waals surface area (Å²) in [5.74, 6) is -3.90. The Morgan fingerprint density at radius 1 is 0.622 bits per heavy atom. The lowest BCUT2D eigenvalue weighted by molar-refractivity contribution is -0.361. The third-order valence-corrected chi connectivity index (χ3v) is 6.59. The molecule has 3 rings (SSSR count). The highest BCUT2D eigenvalue weighted by Crippen LogP contribution is 2.34. The smallest absolute Gasteiger partial charge is 0.303 e. The maximum absolute atomic E-state index is 12.3. The molecule has 2 fully saturated rings. The van der Waals surface area contributed by atoms with Gasteiger partial charge in [0.1, 0.15) is 43.7 Å². The Balaban J connectivity index is 2.01. The number of aliphatic hydroxyl groups excluding tert-OH is 2. The van der Waals surface area contributed by atoms with Crippen LogP contribution in [0.25, 0.3) is 0 Å². The Morgan fingerprint density at radius 2 is 1.13 bits per heavy atom. The second-order valence-corrected chi connectivity index (χ2v) is 10.3. The van der Waals surface area contributed by atoms with E-state index in [2.05, 4.69) is 0 Å². The fourth-order valence-electron chi connectivity index (χ4n) is 4.73. The van der Waals surface area contributed by atoms with Gasteiger partial charge in [0.05, 0.1) is 6.61 Å². The number of benzene rings is 1. The number of esters is 5. The van der Waals surface area contributed by atoms with E-state index in [9.17, 15) is 34.2 Å². The number of rotatable bonds is 12. The summed E-state index contributed by atoms with van der Waals surface area (Å²) < 4.78 is 50.3. The molecule has 1 aromatic carbocycles. The van der Waals surface area contributed by atoms with Gasteiger partial charge in [0, 0.05) is 34.6 Å². The molecule has 0 radical (unpaired) electrons. The van der Waals surface area contributed by atoms with Gasteiger partial charge in [0.25, 0.3) is 0 Å². The first-order chi connectivity index (χ1) is 21.3. The second kappa shape index (κ2) is 16.6. The molecule has 0 unspecified atom stereocenters. The zero-order valence-corrected chi connectivity index (χ0v) is 25.4. The van der Waals surface area contributed by atoms with E-state index >= 15 is 0 Å². The van der Waals surface area contributed by atoms with Crippen molar-refractivity contribution >= 4 is 29.8 Å². The minimum atomic E-state index is -1.80. The Morgan fingerprint density at radius 3 is 1.69 bits per heavy atom. The quantitative estimate of drug-likeness (QED) is 0.221. The van der Waals surface area contributed by atoms with Crippen molar-refractivity contribution in [2.45, 2.75) is 103 Å². The highest BCUT2D eigenvalue weighted by molar-refractivity contribution is 5.68. The average Bonchev–Trinajstić information content (AvgIpc) is 2.96. The summed E-state index contributed by atoms with van der Waals surface area (Å²) >= 11 is 0. The standard InChI is InChI=1S/C29H38O16/c1-14(30)37-12-20-22(35)23(36)25(40-16(3)32)29(43-20)45-24-21(13-38-15(2)31)44-28(39-11-19-9-7-6-8-10-19)27(42-18(5)34)26(24)41-17(4)33/h6-10,20-29,35-36H,11-13H2,1-5H3/t20-,21-,22+,23+,24-,25-,26+,27-,28-,29+/m1/s1. The first-order valence-electron chi connectivity index (χ1n) is 14.0. The summed E-state index contributed by atoms with van der Waals surface area (Å²) in [6.45, 7) is 4.48. The summed E-state index contributed by atoms with van der Waals surface area (Å²) in [5, 5.41) is 21.5. The summed E-state index contributed by atoms with van der Waals surface area (Å²) in [7, 11) is 0. The molecule has 0 saturated carbocycles. The van der Waals surface area contributed by atoms with E-state index in [1.54, 1.807) is 30.3 Å². The fourth-order valence-corrected chi connectivity index (χ4v) is 4.73. The number of carbonyl (C=O) groups excluding carboxylic acids is 5. The molecule has 0 spiro atoms. The molecule has 0 bridgehead atoms. The minimum Gasteiger partial charge on any atom is -0.463 e. The van der Waals surface area contributed by atoms with Crippen molar-refractivity contribution in [2.75, 3.05) is 13.2 Å². The number of ether oxygens (including phenoxy) is 9. The molecule has 250 valence electrons. The van der Waals surface area contributed by atoms with Gasteiger partial charge in [0.2, 0.25) is 0 Å². The molecule has 16 heteroatoms. The summed E-state index contributed by atoms with van der Waals surface area (Å²) in [4.78, 5) is 59.7. The normalized spacial score (nSPS) is 31.3. The molecule has 0 aromatic heterocycles. The molecule has 16 nitrogen and oxygen atoms in total. The first-order valence-corrected chi connectivity index (χ1v) is 14.0. The van der Waals surface area contributed by atoms with Crippen molar-refractivity contribution in [3.05, 3.63) is 35.9 Å². The molecular weight excluding hydrogens is 604 g/mol. The van der Waals surface area contributed by atoms with Gasteiger partial charge in [-0.3, -0.25) is 24.0 Å². The predicted octanol–water partition coefficient (Wildman–Crippen LogP) is -0.319. The number of aliphatic hydroxyl groups is 2. The summed E-state index contributed by atoms with van der Waals surface area (Å²) in [5.41, 5.74) is 0.729. The summed E-state index contributed by atoms with van der Waals surface area (Å²) in [6, 6.07) is 8.92. The maximum atomic E-state index is 12.3. The van der Waals surface area contributed by atoms with Crippen molar-refractivity contribution in [1.82, 2.24) is 0 Å². The molecule has 2 heterocycles. The van der Waals surface area contributed by atoms with Gasteiger partial charge in [-0.2, -0.15) is 0 Å². The molecule has 2 saturated heterocycles. The van der Waals surface area contributed by atoms with Crippen LogP contribution >= 0.6 is 0 Å². The van der Waals surface area contributed by atoms with E-state index < -0.39 is 104 Å². The molecule has 10 atom stereocenters. The van der Waals surface area contributed by atoms with Gasteiger partial charge in [-0.1, -0.05) is 30.3 Å². The van der Waals surface area contributed by atoms with Crippen LogP contribution in [-0.2, 0) is 73.2 Å². The summed E-state index contributed by atoms with van der Waals surface area (Å²) in [6.07, 6.45) is -15.3. The number of hydrogen-bond acceptors (Lipinski definition) is 16. The van der Waals surface area contributed by atoms with Crippen molar-refractivity contribution in [1.29, 1.82) is 0 Å². The second-order valence-electron chi connectivity index (χ2n) is 10.3. The average molecular weight is 643 g/mol. The molecule has 2 aliphatic rings. The Kier molecular flexibility index (Phi) is 13.2. The van der Waals surface area contributed by atoms with E-state index in [4.69, 9.17) is 42.6 Å². The van der Waals surface area contributed by atoms with Gasteiger partial charge in [-0.25, -0.2) is 0 Å². The molecule has 45 heavy (non-hydrogen) atoms. The van der Waals surface area contributed by atoms with Gasteiger partial charge >= 0.3 is 29.8 Å². The van der Waals surface area contributed by atoms with E-state index in [0.717, 1.165) is 40.2 Å². The van der Waals surface area contributed by atoms with Gasteiger partial charge in [-0.05, 0) is 5.56 Å². The molecular formula is C29H38O16. The van der Waals surface area contributed by atoms with E-state index in [-0.39, 0.29) is 6.61 Å². The zero-order valence-electron chi connectivity index (χ0n) is 25.4. The van der Waals surface area contributed by atoms with Crippen LogP contribution in [0.15, 0.2) is 30.3 Å². The van der Waals surface area contributed by atoms with E-state index in [0.29, 0.717) is 0 Å². The van der Waals surface area contributed by atoms with E-state index in [1.807, 2.05) is 0 Å². The van der Waals surface area contributed by atoms with Crippen molar-refractivity contribution in [3.8, 4) is 0 Å². The largest absolute Gasteiger partial charge is 0.463 e. The van der Waals surface area contributed by atoms with Crippen molar-refractivity contribution in [3.63, 3.8) is 0 Å². The zero-order chi connectivity index (χ0) is 33.3. The monoisotopic (exact) mass is 642 g/mol. The van der Waals surface area contributed by atoms with E-state index in [1.165, 1.54) is 0 Å². The van der Waals surface area contributed by atoms with Crippen LogP contribution in [0, 0.1) is 0 Å². The third kappa shape index (κ3) is 10.4. The number of carbonyl (C=O) groups is 5. The lowest BCUT2D eigenvalue weighted by Crippen LogP contribution is -2.66. The highest BCUT2D eigenvalue weighted by atomic mass is 16.8. The van der Waals surface area contributed by atoms with Crippen LogP contribution in [0.3, 0.4) is 0 Å². The molecule has 2 aliphatic heterocycles. The van der Waals surface area contributed by atoms with Gasteiger partial charge < -0.3 is 52.8 Å². The fraction of sp³-hybridized carbons (Fsp3) is 0.621. The maximum Gasteiger partial charge on any atom is 0.303 e. The van der Waals surface area contributed by atoms with Gasteiger partial charge in [0.15, 0.2) is 30.9 Å². The lowest BCUT2D eigenvalue weighted by Gasteiger charge is -2.48. The highest BCUT2D eigenvalue weighted by Gasteiger charge is 2.55. The van der Waals surface area contributed by atoms with Crippen molar-refractivity contribution < 1.29 is 76.8 Å². The first kappa shape index (κ1) is 35.8. The van der Waals surface area contributed by atoms with Crippen LogP contribution in [-0.4, -0.2) is 115 Å². The number of hydrogen-bond donors (Lipinski definition) is 2. The Bertz CT molecular complexity index is 1170. The molecule has 0 amide bonds. The Hall–Kier alpha value is -3.67. The molecule has 1 aromatic rings. The van der Waals surface area contributed by atoms with Crippen LogP contribution in [0.2, 0.25) is 0 Å². The van der Waals surface area contributed by atoms with Crippen LogP contribution in [0.4, 0.5) is 0 Å². The SMILES string of the molecule is CC(=O)OC[C@H]1O[C@@H](O[C@H]2[C@H](OC(C)=O)[C@@H](OC(C)=O)[C@H](OCc3ccccc3)O[C@@H]2COC(C)=O)[C@H](OC(C)=O)[C@@H](O)[C@H]1O. The van der Waals surface area contributed by atoms with Crippen LogP contribution in [0.5, 0.6) is 0 Å². The molecule has 2 N–H and O–H groups in total. The van der Waals surface area contributed by atoms with Crippen molar-refractivity contribution in [2.24, 2.45) is 0 Å². The topological polar surface area (TPSA) is 209 Å². The van der Waals surface area contributed by atoms with Crippen LogP contribution < -0.4 is 0 Å². The molecule has 0 aliphatic carbocycles. The van der Waals surface area contributed by atoms with Gasteiger partial charge in [-0.15, -0.1) is 0 Å². The minimum absolute atomic E-state index is 0.0238. The Labute approximate surface area is 258 Å². The lowest BCUT2D eigenvalue weighted by atomic mass is 9.96. The van der Waals surface area contributed by atoms with Crippen LogP contribution in [0.1, 0.15) is 40.2 Å². The predicted molar refractivity (Wildman–Crippen MR) is 145 cm³/mol.